The van der Waals surface area contributed by atoms with Gasteiger partial charge in [0, 0.05) is 22.9 Å². The summed E-state index contributed by atoms with van der Waals surface area (Å²) in [6.07, 6.45) is 1.18. The van der Waals surface area contributed by atoms with Crippen LogP contribution in [0.4, 0.5) is 11.4 Å². The van der Waals surface area contributed by atoms with Crippen molar-refractivity contribution in [2.75, 3.05) is 17.7 Å². The molecule has 1 atom stereocenters. The summed E-state index contributed by atoms with van der Waals surface area (Å²) >= 11 is 6.06. The van der Waals surface area contributed by atoms with Gasteiger partial charge in [-0.05, 0) is 48.9 Å². The van der Waals surface area contributed by atoms with E-state index in [1.807, 2.05) is 85.8 Å². The summed E-state index contributed by atoms with van der Waals surface area (Å²) in [6.45, 7) is 2.47. The Morgan fingerprint density at radius 2 is 1.43 bits per heavy atom. The molecule has 1 N–H and O–H groups in total. The second kappa shape index (κ2) is 8.78. The van der Waals surface area contributed by atoms with E-state index in [1.54, 1.807) is 0 Å². The number of sulfonamides is 1. The fraction of sp³-hybridized carbons (Fsp3) is 0.182. The molecule has 0 bridgehead atoms. The van der Waals surface area contributed by atoms with Crippen LogP contribution >= 0.6 is 11.6 Å². The van der Waals surface area contributed by atoms with Crippen LogP contribution in [0.5, 0.6) is 0 Å². The third kappa shape index (κ3) is 5.58. The van der Waals surface area contributed by atoms with Crippen LogP contribution in [0.3, 0.4) is 0 Å². The highest BCUT2D eigenvalue weighted by molar-refractivity contribution is 7.88. The molecule has 0 aliphatic carbocycles. The predicted octanol–water partition coefficient (Wildman–Crippen LogP) is 5.08. The van der Waals surface area contributed by atoms with Crippen LogP contribution in [0.2, 0.25) is 5.02 Å². The smallest absolute Gasteiger partial charge is 0.209 e. The van der Waals surface area contributed by atoms with Crippen molar-refractivity contribution >= 4 is 33.0 Å². The number of halogens is 1. The number of benzene rings is 3. The van der Waals surface area contributed by atoms with E-state index in [1.165, 1.54) is 6.26 Å². The molecule has 0 heterocycles. The molecule has 0 unspecified atom stereocenters. The molecule has 0 aliphatic rings. The molecule has 0 saturated carbocycles. The Bertz CT molecular complexity index is 959. The van der Waals surface area contributed by atoms with Gasteiger partial charge >= 0.3 is 0 Å². The van der Waals surface area contributed by atoms with Crippen molar-refractivity contribution in [1.29, 1.82) is 0 Å². The first-order chi connectivity index (χ1) is 13.3. The van der Waals surface area contributed by atoms with Gasteiger partial charge in [-0.2, -0.15) is 0 Å². The maximum Gasteiger partial charge on any atom is 0.209 e. The monoisotopic (exact) mass is 414 g/mol. The summed E-state index contributed by atoms with van der Waals surface area (Å²) in [7, 11) is -3.39. The summed E-state index contributed by atoms with van der Waals surface area (Å²) in [4.78, 5) is 2.09. The predicted molar refractivity (Wildman–Crippen MR) is 117 cm³/mol. The van der Waals surface area contributed by atoms with E-state index >= 15 is 0 Å². The van der Waals surface area contributed by atoms with Crippen LogP contribution in [0.1, 0.15) is 17.2 Å². The van der Waals surface area contributed by atoms with Gasteiger partial charge in [-0.1, -0.05) is 59.6 Å². The van der Waals surface area contributed by atoms with Crippen molar-refractivity contribution < 1.29 is 8.42 Å². The zero-order valence-corrected chi connectivity index (χ0v) is 17.4. The van der Waals surface area contributed by atoms with Gasteiger partial charge in [0.1, 0.15) is 0 Å². The lowest BCUT2D eigenvalue weighted by atomic mass is 10.1. The molecular weight excluding hydrogens is 392 g/mol. The molecule has 0 spiro atoms. The number of rotatable bonds is 7. The Morgan fingerprint density at radius 3 is 1.96 bits per heavy atom. The number of nitrogens with one attached hydrogen (secondary N) is 1. The molecule has 0 amide bonds. The molecule has 3 rings (SSSR count). The number of nitrogens with zero attached hydrogens (tertiary/aromatic N) is 1. The Hall–Kier alpha value is -2.34. The summed E-state index contributed by atoms with van der Waals surface area (Å²) < 4.78 is 26.8. The van der Waals surface area contributed by atoms with Crippen LogP contribution in [-0.2, 0) is 10.0 Å². The Kier molecular flexibility index (Phi) is 6.39. The Morgan fingerprint density at radius 1 is 0.893 bits per heavy atom. The SMILES string of the molecule is Cc1ccc(N(C[C@H](NS(C)(=O)=O)c2ccccc2)c2ccc(Cl)cc2)cc1. The number of aryl methyl sites for hydroxylation is 1. The van der Waals surface area contributed by atoms with Gasteiger partial charge in [0.15, 0.2) is 0 Å². The highest BCUT2D eigenvalue weighted by Crippen LogP contribution is 2.30. The van der Waals surface area contributed by atoms with Crippen molar-refractivity contribution in [2.24, 2.45) is 0 Å². The minimum Gasteiger partial charge on any atom is -0.340 e. The second-order valence-corrected chi connectivity index (χ2v) is 8.99. The highest BCUT2D eigenvalue weighted by Gasteiger charge is 2.21. The molecule has 146 valence electrons. The summed E-state index contributed by atoms with van der Waals surface area (Å²) in [5.74, 6) is 0. The summed E-state index contributed by atoms with van der Waals surface area (Å²) in [6, 6.07) is 24.9. The highest BCUT2D eigenvalue weighted by atomic mass is 35.5. The number of anilines is 2. The van der Waals surface area contributed by atoms with E-state index in [9.17, 15) is 8.42 Å². The standard InChI is InChI=1S/C22H23ClN2O2S/c1-17-8-12-20(13-9-17)25(21-14-10-19(23)11-15-21)16-22(24-28(2,26)27)18-6-4-3-5-7-18/h3-15,22,24H,16H2,1-2H3/t22-/m0/s1. The van der Waals surface area contributed by atoms with E-state index in [-0.39, 0.29) is 0 Å². The normalized spacial score (nSPS) is 12.5. The van der Waals surface area contributed by atoms with Gasteiger partial charge in [-0.15, -0.1) is 0 Å². The van der Waals surface area contributed by atoms with Gasteiger partial charge in [-0.25, -0.2) is 13.1 Å². The molecule has 3 aromatic rings. The first kappa shape index (κ1) is 20.4. The van der Waals surface area contributed by atoms with Crippen LogP contribution in [0.15, 0.2) is 78.9 Å². The van der Waals surface area contributed by atoms with Crippen molar-refractivity contribution in [2.45, 2.75) is 13.0 Å². The van der Waals surface area contributed by atoms with Gasteiger partial charge in [0.2, 0.25) is 10.0 Å². The molecule has 0 aromatic heterocycles. The van der Waals surface area contributed by atoms with E-state index in [0.717, 1.165) is 22.5 Å². The molecule has 0 radical (unpaired) electrons. The molecule has 0 aliphatic heterocycles. The van der Waals surface area contributed by atoms with E-state index in [0.29, 0.717) is 11.6 Å². The maximum atomic E-state index is 12.0. The number of hydrogen-bond acceptors (Lipinski definition) is 3. The van der Waals surface area contributed by atoms with Crippen molar-refractivity contribution in [3.8, 4) is 0 Å². The molecule has 3 aromatic carbocycles. The summed E-state index contributed by atoms with van der Waals surface area (Å²) in [5.41, 5.74) is 3.97. The van der Waals surface area contributed by atoms with Crippen LogP contribution < -0.4 is 9.62 Å². The average molecular weight is 415 g/mol. The van der Waals surface area contributed by atoms with Gasteiger partial charge in [0.05, 0.1) is 12.3 Å². The Balaban J connectivity index is 2.02. The maximum absolute atomic E-state index is 12.0. The van der Waals surface area contributed by atoms with Crippen molar-refractivity contribution in [3.05, 3.63) is 95.0 Å². The minimum absolute atomic E-state index is 0.409. The van der Waals surface area contributed by atoms with Crippen molar-refractivity contribution in [1.82, 2.24) is 4.72 Å². The lowest BCUT2D eigenvalue weighted by Gasteiger charge is -2.30. The van der Waals surface area contributed by atoms with Crippen LogP contribution in [0, 0.1) is 6.92 Å². The van der Waals surface area contributed by atoms with Gasteiger partial charge in [-0.3, -0.25) is 0 Å². The zero-order valence-electron chi connectivity index (χ0n) is 15.8. The minimum atomic E-state index is -3.39. The lowest BCUT2D eigenvalue weighted by Crippen LogP contribution is -2.35. The molecule has 28 heavy (non-hydrogen) atoms. The molecule has 0 fully saturated rings. The topological polar surface area (TPSA) is 49.4 Å². The third-order valence-corrected chi connectivity index (χ3v) is 5.37. The molecule has 0 saturated heterocycles. The average Bonchev–Trinajstić information content (AvgIpc) is 2.67. The van der Waals surface area contributed by atoms with E-state index < -0.39 is 16.1 Å². The largest absolute Gasteiger partial charge is 0.340 e. The van der Waals surface area contributed by atoms with Crippen LogP contribution in [-0.4, -0.2) is 21.2 Å². The Labute approximate surface area is 171 Å². The van der Waals surface area contributed by atoms with Gasteiger partial charge < -0.3 is 4.90 Å². The molecule has 6 heteroatoms. The first-order valence-corrected chi connectivity index (χ1v) is 11.2. The van der Waals surface area contributed by atoms with Crippen LogP contribution in [0.25, 0.3) is 0 Å². The third-order valence-electron chi connectivity index (χ3n) is 4.41. The fourth-order valence-corrected chi connectivity index (χ4v) is 3.90. The van der Waals surface area contributed by atoms with E-state index in [4.69, 9.17) is 11.6 Å². The molecular formula is C22H23ClN2O2S. The summed E-state index contributed by atoms with van der Waals surface area (Å²) in [5, 5.41) is 0.654. The van der Waals surface area contributed by atoms with Gasteiger partial charge in [0.25, 0.3) is 0 Å². The zero-order chi connectivity index (χ0) is 20.1. The quantitative estimate of drug-likeness (QED) is 0.586. The first-order valence-electron chi connectivity index (χ1n) is 8.94. The van der Waals surface area contributed by atoms with Crippen molar-refractivity contribution in [3.63, 3.8) is 0 Å². The van der Waals surface area contributed by atoms with E-state index in [2.05, 4.69) is 9.62 Å². The lowest BCUT2D eigenvalue weighted by molar-refractivity contribution is 0.562. The fourth-order valence-electron chi connectivity index (χ4n) is 3.04. The second-order valence-electron chi connectivity index (χ2n) is 6.78. The molecule has 4 nitrogen and oxygen atoms in total. The number of hydrogen-bond donors (Lipinski definition) is 1.